The predicted molar refractivity (Wildman–Crippen MR) is 97.7 cm³/mol. The molecule has 1 unspecified atom stereocenters. The van der Waals surface area contributed by atoms with E-state index in [1.165, 1.54) is 0 Å². The van der Waals surface area contributed by atoms with Crippen LogP contribution in [0.3, 0.4) is 0 Å². The number of aromatic amines is 1. The van der Waals surface area contributed by atoms with E-state index in [2.05, 4.69) is 30.8 Å². The second kappa shape index (κ2) is 9.63. The van der Waals surface area contributed by atoms with Crippen LogP contribution in [0.5, 0.6) is 5.75 Å². The topological polar surface area (TPSA) is 96.5 Å². The monoisotopic (exact) mass is 346 g/mol. The number of ether oxygens (including phenoxy) is 2. The Kier molecular flexibility index (Phi) is 7.21. The quantitative estimate of drug-likeness (QED) is 0.496. The largest absolute Gasteiger partial charge is 0.497 e. The number of H-pyrrole nitrogens is 1. The summed E-state index contributed by atoms with van der Waals surface area (Å²) >= 11 is 0. The summed E-state index contributed by atoms with van der Waals surface area (Å²) in [5.74, 6) is 2.85. The van der Waals surface area contributed by atoms with Gasteiger partial charge in [-0.2, -0.15) is 5.10 Å². The second-order valence-corrected chi connectivity index (χ2v) is 5.53. The molecule has 2 aromatic rings. The van der Waals surface area contributed by atoms with Crippen LogP contribution in [0.4, 0.5) is 0 Å². The van der Waals surface area contributed by atoms with Crippen molar-refractivity contribution in [1.82, 2.24) is 25.8 Å². The molecule has 0 saturated heterocycles. The summed E-state index contributed by atoms with van der Waals surface area (Å²) in [6, 6.07) is 7.77. The van der Waals surface area contributed by atoms with Gasteiger partial charge in [-0.25, -0.2) is 9.98 Å². The lowest BCUT2D eigenvalue weighted by Gasteiger charge is -2.16. The van der Waals surface area contributed by atoms with Crippen molar-refractivity contribution >= 4 is 5.96 Å². The lowest BCUT2D eigenvalue weighted by molar-refractivity contribution is 0.179. The standard InChI is InChI=1S/C17H26N6O2/c1-5-18-17(20-12(2)11-24-3)19-10-15-21-16(23-22-15)13-6-8-14(25-4)9-7-13/h6-9,12H,5,10-11H2,1-4H3,(H2,18,19,20)(H,21,22,23). The minimum absolute atomic E-state index is 0.160. The predicted octanol–water partition coefficient (Wildman–Crippen LogP) is 1.57. The molecule has 0 radical (unpaired) electrons. The van der Waals surface area contributed by atoms with E-state index in [0.717, 1.165) is 23.8 Å². The van der Waals surface area contributed by atoms with Gasteiger partial charge in [-0.3, -0.25) is 5.10 Å². The van der Waals surface area contributed by atoms with E-state index in [1.807, 2.05) is 38.1 Å². The highest BCUT2D eigenvalue weighted by molar-refractivity contribution is 5.80. The minimum Gasteiger partial charge on any atom is -0.497 e. The van der Waals surface area contributed by atoms with Gasteiger partial charge >= 0.3 is 0 Å². The van der Waals surface area contributed by atoms with Crippen LogP contribution in [0, 0.1) is 0 Å². The third-order valence-corrected chi connectivity index (χ3v) is 3.41. The molecule has 1 aromatic heterocycles. The van der Waals surface area contributed by atoms with Crippen LogP contribution in [0.2, 0.25) is 0 Å². The molecule has 0 bridgehead atoms. The van der Waals surface area contributed by atoms with E-state index in [0.29, 0.717) is 24.8 Å². The van der Waals surface area contributed by atoms with Crippen molar-refractivity contribution in [2.75, 3.05) is 27.4 Å². The van der Waals surface area contributed by atoms with Crippen molar-refractivity contribution in [2.24, 2.45) is 4.99 Å². The van der Waals surface area contributed by atoms with Gasteiger partial charge in [0.1, 0.15) is 18.1 Å². The number of guanidine groups is 1. The van der Waals surface area contributed by atoms with Gasteiger partial charge in [0.15, 0.2) is 11.8 Å². The van der Waals surface area contributed by atoms with Gasteiger partial charge in [0.2, 0.25) is 0 Å². The number of nitrogens with one attached hydrogen (secondary N) is 3. The van der Waals surface area contributed by atoms with Gasteiger partial charge in [0.25, 0.3) is 0 Å². The number of aliphatic imine (C=N–C) groups is 1. The van der Waals surface area contributed by atoms with Gasteiger partial charge in [-0.15, -0.1) is 0 Å². The van der Waals surface area contributed by atoms with Crippen molar-refractivity contribution in [3.8, 4) is 17.1 Å². The maximum absolute atomic E-state index is 5.16. The molecular formula is C17H26N6O2. The maximum Gasteiger partial charge on any atom is 0.191 e. The Balaban J connectivity index is 2.02. The Bertz CT molecular complexity index is 668. The van der Waals surface area contributed by atoms with Gasteiger partial charge in [0, 0.05) is 25.3 Å². The molecule has 0 fully saturated rings. The van der Waals surface area contributed by atoms with Crippen molar-refractivity contribution in [2.45, 2.75) is 26.4 Å². The van der Waals surface area contributed by atoms with Gasteiger partial charge < -0.3 is 20.1 Å². The number of aromatic nitrogens is 3. The van der Waals surface area contributed by atoms with Crippen LogP contribution in [0.1, 0.15) is 19.7 Å². The fourth-order valence-corrected chi connectivity index (χ4v) is 2.23. The summed E-state index contributed by atoms with van der Waals surface area (Å²) in [4.78, 5) is 9.01. The first kappa shape index (κ1) is 18.7. The molecule has 0 spiro atoms. The maximum atomic E-state index is 5.16. The third-order valence-electron chi connectivity index (χ3n) is 3.41. The number of nitrogens with zero attached hydrogens (tertiary/aromatic N) is 3. The molecule has 1 aromatic carbocycles. The van der Waals surface area contributed by atoms with Crippen LogP contribution in [-0.2, 0) is 11.3 Å². The highest BCUT2D eigenvalue weighted by Crippen LogP contribution is 2.18. The van der Waals surface area contributed by atoms with Crippen molar-refractivity contribution in [3.05, 3.63) is 30.1 Å². The second-order valence-electron chi connectivity index (χ2n) is 5.53. The van der Waals surface area contributed by atoms with Crippen LogP contribution in [0.25, 0.3) is 11.4 Å². The Labute approximate surface area is 148 Å². The molecule has 8 nitrogen and oxygen atoms in total. The molecule has 0 saturated carbocycles. The van der Waals surface area contributed by atoms with Crippen molar-refractivity contribution in [1.29, 1.82) is 0 Å². The van der Waals surface area contributed by atoms with Crippen LogP contribution < -0.4 is 15.4 Å². The molecule has 8 heteroatoms. The lowest BCUT2D eigenvalue weighted by Crippen LogP contribution is -2.43. The zero-order chi connectivity index (χ0) is 18.1. The molecule has 0 aliphatic carbocycles. The van der Waals surface area contributed by atoms with E-state index >= 15 is 0 Å². The molecule has 136 valence electrons. The van der Waals surface area contributed by atoms with E-state index in [4.69, 9.17) is 9.47 Å². The Hall–Kier alpha value is -2.61. The lowest BCUT2D eigenvalue weighted by atomic mass is 10.2. The minimum atomic E-state index is 0.160. The molecule has 0 aliphatic heterocycles. The summed E-state index contributed by atoms with van der Waals surface area (Å²) in [5, 5.41) is 13.7. The number of hydrogen-bond donors (Lipinski definition) is 3. The van der Waals surface area contributed by atoms with Gasteiger partial charge in [-0.1, -0.05) is 0 Å². The summed E-state index contributed by atoms with van der Waals surface area (Å²) < 4.78 is 10.3. The van der Waals surface area contributed by atoms with E-state index in [-0.39, 0.29) is 6.04 Å². The fraction of sp³-hybridized carbons (Fsp3) is 0.471. The summed E-state index contributed by atoms with van der Waals surface area (Å²) in [6.07, 6.45) is 0. The summed E-state index contributed by atoms with van der Waals surface area (Å²) in [5.41, 5.74) is 0.922. The first-order valence-corrected chi connectivity index (χ1v) is 8.25. The molecular weight excluding hydrogens is 320 g/mol. The number of benzene rings is 1. The van der Waals surface area contributed by atoms with Crippen molar-refractivity contribution in [3.63, 3.8) is 0 Å². The van der Waals surface area contributed by atoms with Crippen LogP contribution in [0.15, 0.2) is 29.3 Å². The molecule has 25 heavy (non-hydrogen) atoms. The van der Waals surface area contributed by atoms with E-state index < -0.39 is 0 Å². The molecule has 2 rings (SSSR count). The summed E-state index contributed by atoms with van der Waals surface area (Å²) in [7, 11) is 3.32. The van der Waals surface area contributed by atoms with E-state index in [1.54, 1.807) is 14.2 Å². The molecule has 1 atom stereocenters. The number of rotatable bonds is 8. The fourth-order valence-electron chi connectivity index (χ4n) is 2.23. The zero-order valence-electron chi connectivity index (χ0n) is 15.2. The van der Waals surface area contributed by atoms with Crippen molar-refractivity contribution < 1.29 is 9.47 Å². The smallest absolute Gasteiger partial charge is 0.191 e. The molecule has 0 aliphatic rings. The summed E-state index contributed by atoms with van der Waals surface area (Å²) in [6.45, 7) is 5.84. The highest BCUT2D eigenvalue weighted by Gasteiger charge is 2.08. The number of hydrogen-bond acceptors (Lipinski definition) is 5. The van der Waals surface area contributed by atoms with Gasteiger partial charge in [0.05, 0.1) is 13.7 Å². The SMILES string of the molecule is CCNC(=NCc1nc(-c2ccc(OC)cc2)n[nH]1)NC(C)COC. The Morgan fingerprint density at radius 1 is 1.28 bits per heavy atom. The first-order chi connectivity index (χ1) is 12.2. The molecule has 1 heterocycles. The zero-order valence-corrected chi connectivity index (χ0v) is 15.2. The Morgan fingerprint density at radius 2 is 2.04 bits per heavy atom. The number of methoxy groups -OCH3 is 2. The Morgan fingerprint density at radius 3 is 2.68 bits per heavy atom. The van der Waals surface area contributed by atoms with Gasteiger partial charge in [-0.05, 0) is 38.1 Å². The third kappa shape index (κ3) is 5.75. The normalized spacial score (nSPS) is 12.7. The average molecular weight is 346 g/mol. The molecule has 3 N–H and O–H groups in total. The first-order valence-electron chi connectivity index (χ1n) is 8.25. The molecule has 0 amide bonds. The van der Waals surface area contributed by atoms with Crippen LogP contribution >= 0.6 is 0 Å². The van der Waals surface area contributed by atoms with E-state index in [9.17, 15) is 0 Å². The van der Waals surface area contributed by atoms with Crippen LogP contribution in [-0.4, -0.2) is 54.6 Å². The average Bonchev–Trinajstić information content (AvgIpc) is 3.09. The highest BCUT2D eigenvalue weighted by atomic mass is 16.5.